The Kier molecular flexibility index (Phi) is 4.19. The minimum atomic E-state index is -0.267. The van der Waals surface area contributed by atoms with Gasteiger partial charge in [-0.05, 0) is 19.1 Å². The summed E-state index contributed by atoms with van der Waals surface area (Å²) in [6.07, 6.45) is 0. The summed E-state index contributed by atoms with van der Waals surface area (Å²) in [7, 11) is 0. The van der Waals surface area contributed by atoms with Crippen molar-refractivity contribution in [3.8, 4) is 0 Å². The van der Waals surface area contributed by atoms with Crippen LogP contribution in [0.15, 0.2) is 18.2 Å². The lowest BCUT2D eigenvalue weighted by Crippen LogP contribution is -2.38. The molecule has 2 heterocycles. The number of nitrogens with two attached hydrogens (primary N) is 1. The van der Waals surface area contributed by atoms with Crippen LogP contribution in [-0.2, 0) is 11.3 Å². The number of halogens is 1. The van der Waals surface area contributed by atoms with Crippen LogP contribution in [0.25, 0.3) is 11.0 Å². The maximum atomic E-state index is 13.4. The number of fused-ring (bicyclic) bond motifs is 1. The Morgan fingerprint density at radius 2 is 2.10 bits per heavy atom. The van der Waals surface area contributed by atoms with Gasteiger partial charge < -0.3 is 15.0 Å². The molecule has 21 heavy (non-hydrogen) atoms. The Balaban J connectivity index is 1.86. The molecule has 1 aliphatic rings. The van der Waals surface area contributed by atoms with Crippen LogP contribution >= 0.6 is 0 Å². The maximum Gasteiger partial charge on any atom is 0.126 e. The Morgan fingerprint density at radius 3 is 2.81 bits per heavy atom. The molecular formula is C15H21FN4O. The largest absolute Gasteiger partial charge is 0.379 e. The van der Waals surface area contributed by atoms with Gasteiger partial charge in [0.25, 0.3) is 0 Å². The first-order chi connectivity index (χ1) is 10.1. The predicted octanol–water partition coefficient (Wildman–Crippen LogP) is 1.53. The Hall–Kier alpha value is -1.50. The normalized spacial score (nSPS) is 18.2. The summed E-state index contributed by atoms with van der Waals surface area (Å²) in [6, 6.07) is 4.54. The second-order valence-corrected chi connectivity index (χ2v) is 5.50. The number of hydrogen-bond acceptors (Lipinski definition) is 4. The van der Waals surface area contributed by atoms with Crippen molar-refractivity contribution in [2.24, 2.45) is 5.73 Å². The summed E-state index contributed by atoms with van der Waals surface area (Å²) < 4.78 is 20.8. The molecule has 1 fully saturated rings. The molecule has 0 aliphatic carbocycles. The molecule has 0 bridgehead atoms. The van der Waals surface area contributed by atoms with E-state index in [-0.39, 0.29) is 11.9 Å². The fourth-order valence-electron chi connectivity index (χ4n) is 2.77. The van der Waals surface area contributed by atoms with Gasteiger partial charge in [0, 0.05) is 32.2 Å². The molecule has 0 amide bonds. The lowest BCUT2D eigenvalue weighted by atomic mass is 10.3. The highest BCUT2D eigenvalue weighted by Crippen LogP contribution is 2.21. The van der Waals surface area contributed by atoms with Gasteiger partial charge in [0.1, 0.15) is 11.6 Å². The van der Waals surface area contributed by atoms with Crippen LogP contribution in [0, 0.1) is 5.82 Å². The summed E-state index contributed by atoms with van der Waals surface area (Å²) in [5.74, 6) is 0.542. The monoisotopic (exact) mass is 292 g/mol. The molecule has 5 nitrogen and oxygen atoms in total. The van der Waals surface area contributed by atoms with E-state index in [4.69, 9.17) is 10.5 Å². The SMILES string of the molecule is CC(N)c1nc2cc(F)ccc2n1CCN1CCOCC1. The third-order valence-electron chi connectivity index (χ3n) is 3.89. The van der Waals surface area contributed by atoms with E-state index < -0.39 is 0 Å². The van der Waals surface area contributed by atoms with Crippen LogP contribution in [0.2, 0.25) is 0 Å². The van der Waals surface area contributed by atoms with Gasteiger partial charge >= 0.3 is 0 Å². The summed E-state index contributed by atoms with van der Waals surface area (Å²) in [5, 5.41) is 0. The molecule has 0 spiro atoms. The number of rotatable bonds is 4. The lowest BCUT2D eigenvalue weighted by molar-refractivity contribution is 0.0364. The van der Waals surface area contributed by atoms with Crippen LogP contribution in [0.4, 0.5) is 4.39 Å². The van der Waals surface area contributed by atoms with Gasteiger partial charge in [0.05, 0.1) is 30.3 Å². The van der Waals surface area contributed by atoms with Crippen LogP contribution in [0.5, 0.6) is 0 Å². The molecule has 2 aromatic rings. The molecule has 6 heteroatoms. The molecule has 1 atom stereocenters. The zero-order valence-corrected chi connectivity index (χ0v) is 12.3. The van der Waals surface area contributed by atoms with Gasteiger partial charge in [-0.25, -0.2) is 9.37 Å². The van der Waals surface area contributed by atoms with Gasteiger partial charge in [0.15, 0.2) is 0 Å². The number of aromatic nitrogens is 2. The molecule has 1 unspecified atom stereocenters. The smallest absolute Gasteiger partial charge is 0.126 e. The number of imidazole rings is 1. The Labute approximate surface area is 123 Å². The van der Waals surface area contributed by atoms with Crippen molar-refractivity contribution in [3.05, 3.63) is 29.8 Å². The van der Waals surface area contributed by atoms with Gasteiger partial charge in [-0.1, -0.05) is 0 Å². The van der Waals surface area contributed by atoms with Crippen molar-refractivity contribution < 1.29 is 9.13 Å². The number of nitrogens with zero attached hydrogens (tertiary/aromatic N) is 3. The van der Waals surface area contributed by atoms with Gasteiger partial charge in [-0.2, -0.15) is 0 Å². The van der Waals surface area contributed by atoms with E-state index >= 15 is 0 Å². The fraction of sp³-hybridized carbons (Fsp3) is 0.533. The molecule has 114 valence electrons. The molecule has 1 aliphatic heterocycles. The molecule has 3 rings (SSSR count). The van der Waals surface area contributed by atoms with Crippen LogP contribution in [0.3, 0.4) is 0 Å². The Bertz CT molecular complexity index is 619. The first-order valence-corrected chi connectivity index (χ1v) is 7.36. The highest BCUT2D eigenvalue weighted by molar-refractivity contribution is 5.76. The second-order valence-electron chi connectivity index (χ2n) is 5.50. The second kappa shape index (κ2) is 6.09. The number of morpholine rings is 1. The van der Waals surface area contributed by atoms with Crippen molar-refractivity contribution in [2.75, 3.05) is 32.8 Å². The van der Waals surface area contributed by atoms with Crippen LogP contribution < -0.4 is 5.73 Å². The first kappa shape index (κ1) is 14.4. The Morgan fingerprint density at radius 1 is 1.33 bits per heavy atom. The van der Waals surface area contributed by atoms with E-state index in [9.17, 15) is 4.39 Å². The van der Waals surface area contributed by atoms with Gasteiger partial charge in [-0.15, -0.1) is 0 Å². The van der Waals surface area contributed by atoms with Crippen molar-refractivity contribution in [3.63, 3.8) is 0 Å². The van der Waals surface area contributed by atoms with Crippen LogP contribution in [-0.4, -0.2) is 47.3 Å². The van der Waals surface area contributed by atoms with Crippen molar-refractivity contribution in [1.82, 2.24) is 14.5 Å². The zero-order chi connectivity index (χ0) is 14.8. The highest BCUT2D eigenvalue weighted by Gasteiger charge is 2.16. The zero-order valence-electron chi connectivity index (χ0n) is 12.3. The van der Waals surface area contributed by atoms with Gasteiger partial charge in [0.2, 0.25) is 0 Å². The molecule has 1 aromatic heterocycles. The number of benzene rings is 1. The topological polar surface area (TPSA) is 56.3 Å². The van der Waals surface area contributed by atoms with E-state index in [1.807, 2.05) is 6.92 Å². The molecule has 2 N–H and O–H groups in total. The maximum absolute atomic E-state index is 13.4. The average molecular weight is 292 g/mol. The molecular weight excluding hydrogens is 271 g/mol. The van der Waals surface area contributed by atoms with E-state index in [0.717, 1.165) is 50.7 Å². The molecule has 1 saturated heterocycles. The quantitative estimate of drug-likeness (QED) is 0.928. The lowest BCUT2D eigenvalue weighted by Gasteiger charge is -2.27. The standard InChI is InChI=1S/C15H21FN4O/c1-11(17)15-18-13-10-12(16)2-3-14(13)20(15)5-4-19-6-8-21-9-7-19/h2-3,10-11H,4-9,17H2,1H3. The van der Waals surface area contributed by atoms with Crippen molar-refractivity contribution in [1.29, 1.82) is 0 Å². The minimum Gasteiger partial charge on any atom is -0.379 e. The van der Waals surface area contributed by atoms with E-state index in [1.54, 1.807) is 6.07 Å². The van der Waals surface area contributed by atoms with Crippen LogP contribution in [0.1, 0.15) is 18.8 Å². The van der Waals surface area contributed by atoms with E-state index in [2.05, 4.69) is 14.5 Å². The molecule has 0 saturated carbocycles. The third-order valence-corrected chi connectivity index (χ3v) is 3.89. The molecule has 0 radical (unpaired) electrons. The summed E-state index contributed by atoms with van der Waals surface area (Å²) in [6.45, 7) is 7.11. The highest BCUT2D eigenvalue weighted by atomic mass is 19.1. The van der Waals surface area contributed by atoms with E-state index in [1.165, 1.54) is 12.1 Å². The summed E-state index contributed by atoms with van der Waals surface area (Å²) in [5.41, 5.74) is 7.63. The third kappa shape index (κ3) is 3.07. The predicted molar refractivity (Wildman–Crippen MR) is 79.6 cm³/mol. The number of hydrogen-bond donors (Lipinski definition) is 1. The average Bonchev–Trinajstić information content (AvgIpc) is 2.84. The van der Waals surface area contributed by atoms with E-state index in [0.29, 0.717) is 5.52 Å². The fourth-order valence-corrected chi connectivity index (χ4v) is 2.77. The number of ether oxygens (including phenoxy) is 1. The summed E-state index contributed by atoms with van der Waals surface area (Å²) in [4.78, 5) is 6.86. The van der Waals surface area contributed by atoms with Gasteiger partial charge in [-0.3, -0.25) is 4.90 Å². The minimum absolute atomic E-state index is 0.176. The first-order valence-electron chi connectivity index (χ1n) is 7.36. The van der Waals surface area contributed by atoms with Crippen molar-refractivity contribution in [2.45, 2.75) is 19.5 Å². The molecule has 1 aromatic carbocycles. The summed E-state index contributed by atoms with van der Waals surface area (Å²) >= 11 is 0. The van der Waals surface area contributed by atoms with Crippen molar-refractivity contribution >= 4 is 11.0 Å².